The van der Waals surface area contributed by atoms with Gasteiger partial charge < -0.3 is 19.3 Å². The molecular weight excluding hydrogens is 396 g/mol. The standard InChI is InChI=1S/C28H30N2O2/c1-20-15-28(2)24(27-23(20)16-29(19-32-27)21-9-5-3-6-10-21)13-14-26-25(28)17-30(18-31-26)22-11-7-4-8-12-22/h3-14,20,25H,15-19H2,1-2H3. The summed E-state index contributed by atoms with van der Waals surface area (Å²) in [4.78, 5) is 4.70. The molecule has 1 fully saturated rings. The van der Waals surface area contributed by atoms with E-state index in [-0.39, 0.29) is 5.41 Å². The van der Waals surface area contributed by atoms with Crippen LogP contribution in [0.25, 0.3) is 0 Å². The Morgan fingerprint density at radius 2 is 1.50 bits per heavy atom. The van der Waals surface area contributed by atoms with Gasteiger partial charge in [0.15, 0.2) is 13.5 Å². The number of allylic oxidation sites excluding steroid dienone is 3. The monoisotopic (exact) mass is 426 g/mol. The molecule has 32 heavy (non-hydrogen) atoms. The first kappa shape index (κ1) is 19.5. The van der Waals surface area contributed by atoms with Gasteiger partial charge in [-0.25, -0.2) is 0 Å². The Labute approximate surface area is 190 Å². The Bertz CT molecular complexity index is 1100. The topological polar surface area (TPSA) is 24.9 Å². The van der Waals surface area contributed by atoms with Crippen molar-refractivity contribution in [2.24, 2.45) is 17.3 Å². The number of benzene rings is 2. The third-order valence-electron chi connectivity index (χ3n) is 7.76. The number of para-hydroxylation sites is 2. The van der Waals surface area contributed by atoms with Crippen molar-refractivity contribution < 1.29 is 9.47 Å². The lowest BCUT2D eigenvalue weighted by Gasteiger charge is -2.52. The molecule has 0 amide bonds. The highest BCUT2D eigenvalue weighted by atomic mass is 16.5. The lowest BCUT2D eigenvalue weighted by atomic mass is 9.58. The van der Waals surface area contributed by atoms with Crippen molar-refractivity contribution >= 4 is 11.4 Å². The van der Waals surface area contributed by atoms with Crippen LogP contribution in [0.2, 0.25) is 0 Å². The van der Waals surface area contributed by atoms with Crippen LogP contribution in [0.4, 0.5) is 11.4 Å². The zero-order valence-corrected chi connectivity index (χ0v) is 18.8. The Kier molecular flexibility index (Phi) is 4.56. The van der Waals surface area contributed by atoms with Crippen LogP contribution in [0.15, 0.2) is 95.5 Å². The van der Waals surface area contributed by atoms with E-state index >= 15 is 0 Å². The van der Waals surface area contributed by atoms with Crippen LogP contribution in [0, 0.1) is 17.3 Å². The van der Waals surface area contributed by atoms with Crippen molar-refractivity contribution in [2.75, 3.05) is 36.4 Å². The van der Waals surface area contributed by atoms with Crippen molar-refractivity contribution in [3.8, 4) is 0 Å². The predicted molar refractivity (Wildman–Crippen MR) is 128 cm³/mol. The molecule has 164 valence electrons. The van der Waals surface area contributed by atoms with E-state index < -0.39 is 0 Å². The molecule has 2 heterocycles. The van der Waals surface area contributed by atoms with Gasteiger partial charge in [-0.3, -0.25) is 0 Å². The minimum atomic E-state index is 0.00466. The first-order valence-corrected chi connectivity index (χ1v) is 11.6. The molecule has 4 nitrogen and oxygen atoms in total. The van der Waals surface area contributed by atoms with Crippen LogP contribution < -0.4 is 9.80 Å². The van der Waals surface area contributed by atoms with Gasteiger partial charge in [0.25, 0.3) is 0 Å². The van der Waals surface area contributed by atoms with E-state index in [9.17, 15) is 0 Å². The van der Waals surface area contributed by atoms with Gasteiger partial charge in [-0.1, -0.05) is 56.3 Å². The summed E-state index contributed by atoms with van der Waals surface area (Å²) in [6, 6.07) is 21.2. The Morgan fingerprint density at radius 1 is 0.844 bits per heavy atom. The summed E-state index contributed by atoms with van der Waals surface area (Å²) in [6.45, 7) is 7.89. The maximum absolute atomic E-state index is 6.50. The quantitative estimate of drug-likeness (QED) is 0.614. The van der Waals surface area contributed by atoms with E-state index in [0.717, 1.165) is 31.0 Å². The molecule has 0 bridgehead atoms. The molecule has 0 spiro atoms. The fourth-order valence-corrected chi connectivity index (χ4v) is 6.00. The third-order valence-corrected chi connectivity index (χ3v) is 7.76. The molecular formula is C28H30N2O2. The number of ether oxygens (including phenoxy) is 2. The minimum Gasteiger partial charge on any atom is -0.477 e. The van der Waals surface area contributed by atoms with Gasteiger partial charge in [0, 0.05) is 41.4 Å². The molecule has 3 atom stereocenters. The average Bonchev–Trinajstić information content (AvgIpc) is 2.84. The average molecular weight is 427 g/mol. The number of hydrogen-bond donors (Lipinski definition) is 0. The highest BCUT2D eigenvalue weighted by Gasteiger charge is 2.51. The first-order valence-electron chi connectivity index (χ1n) is 11.6. The molecule has 6 rings (SSSR count). The smallest absolute Gasteiger partial charge is 0.161 e. The lowest BCUT2D eigenvalue weighted by Crippen LogP contribution is -2.50. The van der Waals surface area contributed by atoms with Crippen molar-refractivity contribution in [2.45, 2.75) is 20.3 Å². The Morgan fingerprint density at radius 3 is 2.22 bits per heavy atom. The number of fused-ring (bicyclic) bond motifs is 4. The SMILES string of the molecule is CC1CC2(C)C(=CC=C3OCN(c4ccccc4)CC32)C2=C1CN(c1ccccc1)CO2. The van der Waals surface area contributed by atoms with E-state index in [4.69, 9.17) is 9.47 Å². The van der Waals surface area contributed by atoms with Crippen LogP contribution >= 0.6 is 0 Å². The highest BCUT2D eigenvalue weighted by molar-refractivity contribution is 5.54. The zero-order chi connectivity index (χ0) is 21.7. The summed E-state index contributed by atoms with van der Waals surface area (Å²) >= 11 is 0. The third kappa shape index (κ3) is 3.04. The van der Waals surface area contributed by atoms with Crippen LogP contribution in [-0.2, 0) is 9.47 Å². The normalized spacial score (nSPS) is 29.1. The van der Waals surface area contributed by atoms with Crippen LogP contribution in [0.3, 0.4) is 0 Å². The largest absolute Gasteiger partial charge is 0.477 e. The van der Waals surface area contributed by atoms with Crippen molar-refractivity contribution in [1.82, 2.24) is 0 Å². The van der Waals surface area contributed by atoms with Gasteiger partial charge >= 0.3 is 0 Å². The summed E-state index contributed by atoms with van der Waals surface area (Å²) in [5.41, 5.74) is 5.23. The number of anilines is 2. The van der Waals surface area contributed by atoms with Crippen molar-refractivity contribution in [3.05, 3.63) is 95.5 Å². The fourth-order valence-electron chi connectivity index (χ4n) is 6.00. The number of nitrogens with zero attached hydrogens (tertiary/aromatic N) is 2. The van der Waals surface area contributed by atoms with E-state index in [2.05, 4.69) is 96.5 Å². The van der Waals surface area contributed by atoms with Crippen molar-refractivity contribution in [3.63, 3.8) is 0 Å². The summed E-state index contributed by atoms with van der Waals surface area (Å²) in [6.07, 6.45) is 5.57. The molecule has 2 aliphatic heterocycles. The minimum absolute atomic E-state index is 0.00466. The summed E-state index contributed by atoms with van der Waals surface area (Å²) in [7, 11) is 0. The second-order valence-electron chi connectivity index (χ2n) is 9.72. The van der Waals surface area contributed by atoms with Gasteiger partial charge in [-0.05, 0) is 48.3 Å². The van der Waals surface area contributed by atoms with E-state index in [1.807, 2.05) is 0 Å². The molecule has 4 heteroatoms. The molecule has 4 aliphatic rings. The molecule has 2 aromatic rings. The highest BCUT2D eigenvalue weighted by Crippen LogP contribution is 2.56. The lowest BCUT2D eigenvalue weighted by molar-refractivity contribution is 0.0635. The van der Waals surface area contributed by atoms with Gasteiger partial charge in [0.2, 0.25) is 0 Å². The van der Waals surface area contributed by atoms with E-state index in [1.165, 1.54) is 22.5 Å². The van der Waals surface area contributed by atoms with Crippen LogP contribution in [0.5, 0.6) is 0 Å². The van der Waals surface area contributed by atoms with Crippen LogP contribution in [-0.4, -0.2) is 26.6 Å². The summed E-state index contributed by atoms with van der Waals surface area (Å²) < 4.78 is 12.8. The second-order valence-corrected chi connectivity index (χ2v) is 9.72. The molecule has 0 radical (unpaired) electrons. The zero-order valence-electron chi connectivity index (χ0n) is 18.8. The van der Waals surface area contributed by atoms with Gasteiger partial charge in [0.05, 0.1) is 0 Å². The van der Waals surface area contributed by atoms with E-state index in [0.29, 0.717) is 25.3 Å². The first-order chi connectivity index (χ1) is 15.6. The van der Waals surface area contributed by atoms with Crippen LogP contribution in [0.1, 0.15) is 20.3 Å². The summed E-state index contributed by atoms with van der Waals surface area (Å²) in [5.74, 6) is 3.04. The fraction of sp³-hybridized carbons (Fsp3) is 0.357. The van der Waals surface area contributed by atoms with Gasteiger partial charge in [0.1, 0.15) is 11.5 Å². The maximum atomic E-state index is 6.50. The van der Waals surface area contributed by atoms with Gasteiger partial charge in [-0.2, -0.15) is 0 Å². The maximum Gasteiger partial charge on any atom is 0.161 e. The number of rotatable bonds is 2. The molecule has 0 saturated carbocycles. The molecule has 0 N–H and O–H groups in total. The van der Waals surface area contributed by atoms with Crippen molar-refractivity contribution in [1.29, 1.82) is 0 Å². The molecule has 1 saturated heterocycles. The number of hydrogen-bond acceptors (Lipinski definition) is 4. The summed E-state index contributed by atoms with van der Waals surface area (Å²) in [5, 5.41) is 0. The molecule has 3 unspecified atom stereocenters. The predicted octanol–water partition coefficient (Wildman–Crippen LogP) is 5.72. The Balaban J connectivity index is 1.33. The molecule has 0 aromatic heterocycles. The molecule has 2 aliphatic carbocycles. The van der Waals surface area contributed by atoms with E-state index in [1.54, 1.807) is 0 Å². The Hall–Kier alpha value is -3.14. The van der Waals surface area contributed by atoms with Gasteiger partial charge in [-0.15, -0.1) is 0 Å². The second kappa shape index (κ2) is 7.47. The molecule has 2 aromatic carbocycles.